The second-order valence-electron chi connectivity index (χ2n) is 3.15. The Bertz CT molecular complexity index is 237. The summed E-state index contributed by atoms with van der Waals surface area (Å²) in [5.74, 6) is -2.35. The van der Waals surface area contributed by atoms with Gasteiger partial charge in [0.1, 0.15) is 6.10 Å². The molecule has 1 aliphatic heterocycles. The normalized spacial score (nSPS) is 40.9. The molecule has 5 heteroatoms. The standard InChI is InChI=1S/C8H14O5/c1-4-5(9)6(10)7(11)8(2,12-3)13-4/h4-5,9-11H,1-3H3/t4?,5-,8+/m1/s1. The van der Waals surface area contributed by atoms with E-state index < -0.39 is 29.5 Å². The summed E-state index contributed by atoms with van der Waals surface area (Å²) in [5, 5.41) is 28.0. The smallest absolute Gasteiger partial charge is 0.228 e. The number of rotatable bonds is 1. The Labute approximate surface area is 76.2 Å². The fraction of sp³-hybridized carbons (Fsp3) is 0.750. The highest BCUT2D eigenvalue weighted by Crippen LogP contribution is 2.31. The average molecular weight is 190 g/mol. The lowest BCUT2D eigenvalue weighted by Gasteiger charge is -2.37. The molecule has 0 fully saturated rings. The van der Waals surface area contributed by atoms with E-state index in [0.29, 0.717) is 0 Å². The molecule has 0 amide bonds. The van der Waals surface area contributed by atoms with Crippen LogP contribution in [0.1, 0.15) is 13.8 Å². The van der Waals surface area contributed by atoms with Crippen molar-refractivity contribution in [2.24, 2.45) is 0 Å². The first kappa shape index (κ1) is 10.3. The van der Waals surface area contributed by atoms with E-state index in [0.717, 1.165) is 0 Å². The maximum absolute atomic E-state index is 9.40. The Balaban J connectivity index is 3.06. The van der Waals surface area contributed by atoms with Crippen LogP contribution in [0, 0.1) is 0 Å². The molecule has 0 aliphatic carbocycles. The van der Waals surface area contributed by atoms with E-state index in [1.165, 1.54) is 14.0 Å². The molecular formula is C8H14O5. The van der Waals surface area contributed by atoms with Crippen LogP contribution < -0.4 is 0 Å². The van der Waals surface area contributed by atoms with Crippen LogP contribution in [0.25, 0.3) is 0 Å². The highest BCUT2D eigenvalue weighted by Gasteiger charge is 2.43. The molecule has 13 heavy (non-hydrogen) atoms. The Morgan fingerprint density at radius 2 is 2.00 bits per heavy atom. The van der Waals surface area contributed by atoms with E-state index in [-0.39, 0.29) is 0 Å². The molecule has 1 unspecified atom stereocenters. The van der Waals surface area contributed by atoms with Gasteiger partial charge in [0.25, 0.3) is 0 Å². The topological polar surface area (TPSA) is 79.2 Å². The maximum Gasteiger partial charge on any atom is 0.228 e. The third-order valence-corrected chi connectivity index (χ3v) is 2.20. The summed E-state index contributed by atoms with van der Waals surface area (Å²) >= 11 is 0. The summed E-state index contributed by atoms with van der Waals surface area (Å²) in [6.07, 6.45) is -1.83. The van der Waals surface area contributed by atoms with Crippen molar-refractivity contribution in [3.63, 3.8) is 0 Å². The minimum Gasteiger partial charge on any atom is -0.506 e. The molecular weight excluding hydrogens is 176 g/mol. The quantitative estimate of drug-likeness (QED) is 0.559. The number of aliphatic hydroxyl groups is 3. The lowest BCUT2D eigenvalue weighted by molar-refractivity contribution is -0.253. The molecule has 0 aromatic heterocycles. The zero-order chi connectivity index (χ0) is 10.2. The Morgan fingerprint density at radius 1 is 1.46 bits per heavy atom. The molecule has 3 atom stereocenters. The van der Waals surface area contributed by atoms with Gasteiger partial charge in [0.15, 0.2) is 11.5 Å². The maximum atomic E-state index is 9.40. The Morgan fingerprint density at radius 3 is 2.46 bits per heavy atom. The van der Waals surface area contributed by atoms with Crippen LogP contribution in [0.3, 0.4) is 0 Å². The van der Waals surface area contributed by atoms with Crippen LogP contribution >= 0.6 is 0 Å². The van der Waals surface area contributed by atoms with Gasteiger partial charge in [0.2, 0.25) is 5.79 Å². The highest BCUT2D eigenvalue weighted by atomic mass is 16.7. The molecule has 0 spiro atoms. The fourth-order valence-electron chi connectivity index (χ4n) is 1.21. The van der Waals surface area contributed by atoms with Crippen LogP contribution in [0.5, 0.6) is 0 Å². The summed E-state index contributed by atoms with van der Waals surface area (Å²) in [5.41, 5.74) is 0. The van der Waals surface area contributed by atoms with E-state index >= 15 is 0 Å². The summed E-state index contributed by atoms with van der Waals surface area (Å²) in [6.45, 7) is 3.03. The molecule has 0 saturated heterocycles. The number of ether oxygens (including phenoxy) is 2. The summed E-state index contributed by atoms with van der Waals surface area (Å²) in [7, 11) is 1.34. The largest absolute Gasteiger partial charge is 0.506 e. The van der Waals surface area contributed by atoms with Gasteiger partial charge in [-0.05, 0) is 13.8 Å². The molecule has 0 aromatic rings. The third-order valence-electron chi connectivity index (χ3n) is 2.20. The zero-order valence-electron chi connectivity index (χ0n) is 7.81. The van der Waals surface area contributed by atoms with Crippen LogP contribution in [-0.4, -0.2) is 40.4 Å². The first-order valence-corrected chi connectivity index (χ1v) is 3.96. The molecule has 5 nitrogen and oxygen atoms in total. The number of methoxy groups -OCH3 is 1. The minimum absolute atomic E-state index is 0.486. The molecule has 0 saturated carbocycles. The van der Waals surface area contributed by atoms with Crippen molar-refractivity contribution in [1.29, 1.82) is 0 Å². The molecule has 3 N–H and O–H groups in total. The monoisotopic (exact) mass is 190 g/mol. The summed E-state index contributed by atoms with van der Waals surface area (Å²) in [6, 6.07) is 0. The van der Waals surface area contributed by atoms with Crippen molar-refractivity contribution in [2.45, 2.75) is 31.8 Å². The summed E-state index contributed by atoms with van der Waals surface area (Å²) in [4.78, 5) is 0. The van der Waals surface area contributed by atoms with Crippen molar-refractivity contribution in [1.82, 2.24) is 0 Å². The Kier molecular flexibility index (Phi) is 2.51. The zero-order valence-corrected chi connectivity index (χ0v) is 7.81. The van der Waals surface area contributed by atoms with Gasteiger partial charge >= 0.3 is 0 Å². The van der Waals surface area contributed by atoms with Gasteiger partial charge in [-0.15, -0.1) is 0 Å². The third kappa shape index (κ3) is 1.50. The second kappa shape index (κ2) is 3.17. The van der Waals surface area contributed by atoms with E-state index in [4.69, 9.17) is 9.47 Å². The minimum atomic E-state index is -1.37. The van der Waals surface area contributed by atoms with Gasteiger partial charge in [-0.2, -0.15) is 0 Å². The van der Waals surface area contributed by atoms with Crippen molar-refractivity contribution in [2.75, 3.05) is 7.11 Å². The van der Waals surface area contributed by atoms with Crippen LogP contribution in [0.2, 0.25) is 0 Å². The van der Waals surface area contributed by atoms with Crippen molar-refractivity contribution < 1.29 is 24.8 Å². The predicted molar refractivity (Wildman–Crippen MR) is 44.3 cm³/mol. The molecule has 0 radical (unpaired) electrons. The van der Waals surface area contributed by atoms with E-state index in [9.17, 15) is 15.3 Å². The lowest BCUT2D eigenvalue weighted by Crippen LogP contribution is -2.47. The average Bonchev–Trinajstić information content (AvgIpc) is 2.12. The molecule has 1 heterocycles. The first-order valence-electron chi connectivity index (χ1n) is 3.96. The second-order valence-corrected chi connectivity index (χ2v) is 3.15. The molecule has 1 aliphatic rings. The predicted octanol–water partition coefficient (Wildman–Crippen LogP) is 0.456. The Hall–Kier alpha value is -0.780. The fourth-order valence-corrected chi connectivity index (χ4v) is 1.21. The van der Waals surface area contributed by atoms with Gasteiger partial charge in [-0.25, -0.2) is 0 Å². The van der Waals surface area contributed by atoms with Crippen LogP contribution in [0.15, 0.2) is 11.5 Å². The first-order chi connectivity index (χ1) is 5.92. The number of hydrogen-bond donors (Lipinski definition) is 3. The SMILES string of the molecule is CO[C@@]1(C)OC(C)[C@@H](O)C(O)=C1O. The molecule has 0 bridgehead atoms. The summed E-state index contributed by atoms with van der Waals surface area (Å²) < 4.78 is 10.1. The van der Waals surface area contributed by atoms with Crippen molar-refractivity contribution in [3.05, 3.63) is 11.5 Å². The molecule has 0 aromatic carbocycles. The van der Waals surface area contributed by atoms with Crippen molar-refractivity contribution in [3.8, 4) is 0 Å². The van der Waals surface area contributed by atoms with Gasteiger partial charge in [-0.1, -0.05) is 0 Å². The van der Waals surface area contributed by atoms with Gasteiger partial charge in [-0.3, -0.25) is 0 Å². The highest BCUT2D eigenvalue weighted by molar-refractivity contribution is 5.16. The van der Waals surface area contributed by atoms with Crippen LogP contribution in [0.4, 0.5) is 0 Å². The van der Waals surface area contributed by atoms with E-state index in [1.807, 2.05) is 0 Å². The number of aliphatic hydroxyl groups excluding tert-OH is 3. The van der Waals surface area contributed by atoms with E-state index in [1.54, 1.807) is 6.92 Å². The van der Waals surface area contributed by atoms with Gasteiger partial charge < -0.3 is 24.8 Å². The van der Waals surface area contributed by atoms with Gasteiger partial charge in [0.05, 0.1) is 6.10 Å². The lowest BCUT2D eigenvalue weighted by atomic mass is 10.0. The van der Waals surface area contributed by atoms with Crippen LogP contribution in [-0.2, 0) is 9.47 Å². The molecule has 1 rings (SSSR count). The van der Waals surface area contributed by atoms with Crippen molar-refractivity contribution >= 4 is 0 Å². The molecule has 76 valence electrons. The number of hydrogen-bond acceptors (Lipinski definition) is 5. The van der Waals surface area contributed by atoms with Gasteiger partial charge in [0, 0.05) is 7.11 Å². The van der Waals surface area contributed by atoms with E-state index in [2.05, 4.69) is 0 Å².